The smallest absolute Gasteiger partial charge is 0.240 e. The number of benzene rings is 1. The monoisotopic (exact) mass is 392 g/mol. The minimum Gasteiger partial charge on any atom is -0.304 e. The Bertz CT molecular complexity index is 1040. The molecule has 0 saturated carbocycles. The van der Waals surface area contributed by atoms with Crippen LogP contribution in [0.2, 0.25) is 0 Å². The molecule has 0 aliphatic carbocycles. The van der Waals surface area contributed by atoms with E-state index in [0.29, 0.717) is 13.1 Å². The van der Waals surface area contributed by atoms with Gasteiger partial charge >= 0.3 is 0 Å². The summed E-state index contributed by atoms with van der Waals surface area (Å²) in [6.07, 6.45) is 2.17. The molecule has 0 radical (unpaired) electrons. The number of rotatable bonds is 2. The Balaban J connectivity index is 1.76. The van der Waals surface area contributed by atoms with Crippen LogP contribution < -0.4 is 4.90 Å². The molecule has 3 aliphatic heterocycles. The summed E-state index contributed by atoms with van der Waals surface area (Å²) in [7, 11) is 2.01. The van der Waals surface area contributed by atoms with E-state index in [4.69, 9.17) is 0 Å². The van der Waals surface area contributed by atoms with Crippen LogP contribution in [0, 0.1) is 5.92 Å². The molecule has 0 bridgehead atoms. The number of likely N-dealkylation sites (N-methyl/N-ethyl adjacent to an activating group) is 1. The molecule has 1 spiro atoms. The lowest BCUT2D eigenvalue weighted by Crippen LogP contribution is -2.54. The summed E-state index contributed by atoms with van der Waals surface area (Å²) in [5.74, 6) is -0.201. The summed E-state index contributed by atoms with van der Waals surface area (Å²) >= 11 is 1.46. The zero-order valence-corrected chi connectivity index (χ0v) is 17.5. The molecule has 4 heterocycles. The molecule has 28 heavy (non-hydrogen) atoms. The molecule has 1 amide bonds. The molecule has 3 aliphatic rings. The Morgan fingerprint density at radius 1 is 1.21 bits per heavy atom. The zero-order chi connectivity index (χ0) is 19.8. The van der Waals surface area contributed by atoms with E-state index in [1.165, 1.54) is 16.9 Å². The van der Waals surface area contributed by atoms with Crippen molar-refractivity contribution >= 4 is 34.3 Å². The lowest BCUT2D eigenvalue weighted by Gasteiger charge is -2.39. The van der Waals surface area contributed by atoms with Crippen molar-refractivity contribution < 1.29 is 9.59 Å². The molecule has 144 valence electrons. The van der Waals surface area contributed by atoms with Crippen molar-refractivity contribution in [1.82, 2.24) is 4.90 Å². The second kappa shape index (κ2) is 5.65. The van der Waals surface area contributed by atoms with Crippen LogP contribution in [-0.4, -0.2) is 42.3 Å². The number of allylic oxidation sites excluding steroid dienone is 1. The van der Waals surface area contributed by atoms with Gasteiger partial charge in [0, 0.05) is 18.7 Å². The number of nitrogens with zero attached hydrogens (tertiary/aromatic N) is 2. The third-order valence-corrected chi connectivity index (χ3v) is 7.47. The van der Waals surface area contributed by atoms with Gasteiger partial charge in [0.25, 0.3) is 0 Å². The number of Topliss-reactive ketones (excluding diaryl/α,β-unsaturated/α-hetero) is 1. The Kier molecular flexibility index (Phi) is 3.60. The summed E-state index contributed by atoms with van der Waals surface area (Å²) in [5, 5.41) is 1.93. The number of para-hydroxylation sites is 1. The Morgan fingerprint density at radius 3 is 2.71 bits per heavy atom. The largest absolute Gasteiger partial charge is 0.304 e. The van der Waals surface area contributed by atoms with Crippen LogP contribution in [0.25, 0.3) is 5.57 Å². The first-order chi connectivity index (χ1) is 13.3. The molecule has 2 unspecified atom stereocenters. The first-order valence-electron chi connectivity index (χ1n) is 9.71. The fraction of sp³-hybridized carbons (Fsp3) is 0.391. The van der Waals surface area contributed by atoms with Gasteiger partial charge in [0.15, 0.2) is 5.78 Å². The quantitative estimate of drug-likeness (QED) is 0.726. The van der Waals surface area contributed by atoms with Crippen LogP contribution in [0.5, 0.6) is 0 Å². The molecule has 2 atom stereocenters. The molecule has 1 aromatic heterocycles. The van der Waals surface area contributed by atoms with Gasteiger partial charge in [-0.15, -0.1) is 11.3 Å². The maximum absolute atomic E-state index is 14.1. The van der Waals surface area contributed by atoms with Gasteiger partial charge in [-0.05, 0) is 50.4 Å². The third kappa shape index (κ3) is 2.09. The van der Waals surface area contributed by atoms with Gasteiger partial charge in [0.05, 0.1) is 22.0 Å². The van der Waals surface area contributed by atoms with E-state index in [1.807, 2.05) is 35.5 Å². The van der Waals surface area contributed by atoms with E-state index >= 15 is 0 Å². The maximum atomic E-state index is 14.1. The van der Waals surface area contributed by atoms with E-state index in [1.54, 1.807) is 0 Å². The summed E-state index contributed by atoms with van der Waals surface area (Å²) in [4.78, 5) is 32.4. The van der Waals surface area contributed by atoms with Crippen LogP contribution in [0.4, 0.5) is 5.69 Å². The standard InChI is InChI=1S/C23H24N2O2S/c1-14-11-22(2,3)25-19-15(14)7-5-8-16(19)23(21(25)27)13-24(4)12-17(23)20(26)18-9-6-10-28-18/h5-11,17H,12-13H2,1-4H3. The SMILES string of the molecule is CC1=CC(C)(C)N2C(=O)C3(CN(C)CC3C(=O)c3cccs3)c3cccc1c32. The van der Waals surface area contributed by atoms with Gasteiger partial charge in [-0.1, -0.05) is 30.3 Å². The van der Waals surface area contributed by atoms with Crippen molar-refractivity contribution in [2.75, 3.05) is 25.0 Å². The fourth-order valence-electron chi connectivity index (χ4n) is 5.56. The van der Waals surface area contributed by atoms with Crippen LogP contribution in [0.15, 0.2) is 41.8 Å². The topological polar surface area (TPSA) is 40.6 Å². The molecule has 1 fully saturated rings. The molecule has 2 aromatic rings. The average Bonchev–Trinajstić information content (AvgIpc) is 3.33. The zero-order valence-electron chi connectivity index (χ0n) is 16.7. The first kappa shape index (κ1) is 17.8. The number of hydrogen-bond acceptors (Lipinski definition) is 4. The van der Waals surface area contributed by atoms with Gasteiger partial charge in [0.1, 0.15) is 5.41 Å². The van der Waals surface area contributed by atoms with Crippen molar-refractivity contribution in [3.05, 3.63) is 57.8 Å². The molecule has 1 saturated heterocycles. The van der Waals surface area contributed by atoms with Crippen molar-refractivity contribution in [2.24, 2.45) is 5.92 Å². The second-order valence-electron chi connectivity index (χ2n) is 8.89. The van der Waals surface area contributed by atoms with E-state index in [9.17, 15) is 9.59 Å². The summed E-state index contributed by atoms with van der Waals surface area (Å²) in [6.45, 7) is 7.46. The van der Waals surface area contributed by atoms with Crippen LogP contribution >= 0.6 is 11.3 Å². The number of fused-ring (bicyclic) bond motifs is 1. The van der Waals surface area contributed by atoms with Crippen LogP contribution in [0.3, 0.4) is 0 Å². The van der Waals surface area contributed by atoms with E-state index in [0.717, 1.165) is 21.7 Å². The number of carbonyl (C=O) groups excluding carboxylic acids is 2. The van der Waals surface area contributed by atoms with E-state index < -0.39 is 11.0 Å². The van der Waals surface area contributed by atoms with Gasteiger partial charge in [-0.2, -0.15) is 0 Å². The number of thiophene rings is 1. The molecular weight excluding hydrogens is 368 g/mol. The lowest BCUT2D eigenvalue weighted by molar-refractivity contribution is -0.124. The summed E-state index contributed by atoms with van der Waals surface area (Å²) in [6, 6.07) is 9.98. The summed E-state index contributed by atoms with van der Waals surface area (Å²) < 4.78 is 0. The van der Waals surface area contributed by atoms with E-state index in [-0.39, 0.29) is 17.6 Å². The first-order valence-corrected chi connectivity index (χ1v) is 10.6. The molecule has 0 N–H and O–H groups in total. The number of ketones is 1. The van der Waals surface area contributed by atoms with Crippen LogP contribution in [-0.2, 0) is 10.2 Å². The van der Waals surface area contributed by atoms with Gasteiger partial charge < -0.3 is 9.80 Å². The molecule has 5 heteroatoms. The van der Waals surface area contributed by atoms with Crippen molar-refractivity contribution in [2.45, 2.75) is 31.7 Å². The maximum Gasteiger partial charge on any atom is 0.240 e. The molecular formula is C23H24N2O2S. The van der Waals surface area contributed by atoms with Gasteiger partial charge in [-0.25, -0.2) is 0 Å². The highest BCUT2D eigenvalue weighted by Gasteiger charge is 2.64. The van der Waals surface area contributed by atoms with Crippen LogP contribution in [0.1, 0.15) is 41.6 Å². The number of carbonyl (C=O) groups is 2. The number of amides is 1. The highest BCUT2D eigenvalue weighted by molar-refractivity contribution is 7.12. The van der Waals surface area contributed by atoms with Crippen molar-refractivity contribution in [3.8, 4) is 0 Å². The predicted octanol–water partition coefficient (Wildman–Crippen LogP) is 3.97. The van der Waals surface area contributed by atoms with Crippen molar-refractivity contribution in [1.29, 1.82) is 0 Å². The molecule has 5 rings (SSSR count). The van der Waals surface area contributed by atoms with Gasteiger partial charge in [0.2, 0.25) is 5.91 Å². The third-order valence-electron chi connectivity index (χ3n) is 6.58. The predicted molar refractivity (Wildman–Crippen MR) is 113 cm³/mol. The van der Waals surface area contributed by atoms with Crippen molar-refractivity contribution in [3.63, 3.8) is 0 Å². The minimum atomic E-state index is -0.809. The van der Waals surface area contributed by atoms with E-state index in [2.05, 4.69) is 43.9 Å². The molecule has 1 aromatic carbocycles. The average molecular weight is 393 g/mol. The fourth-order valence-corrected chi connectivity index (χ4v) is 6.27. The number of anilines is 1. The second-order valence-corrected chi connectivity index (χ2v) is 9.83. The lowest BCUT2D eigenvalue weighted by atomic mass is 9.71. The Hall–Kier alpha value is -2.24. The Labute approximate surface area is 169 Å². The highest BCUT2D eigenvalue weighted by Crippen LogP contribution is 2.56. The highest BCUT2D eigenvalue weighted by atomic mass is 32.1. The number of hydrogen-bond donors (Lipinski definition) is 0. The van der Waals surface area contributed by atoms with Gasteiger partial charge in [-0.3, -0.25) is 9.59 Å². The molecule has 4 nitrogen and oxygen atoms in total. The normalized spacial score (nSPS) is 28.0. The minimum absolute atomic E-state index is 0.0722. The Morgan fingerprint density at radius 2 is 2.00 bits per heavy atom. The summed E-state index contributed by atoms with van der Waals surface area (Å²) in [5.41, 5.74) is 3.11. The number of likely N-dealkylation sites (tertiary alicyclic amines) is 1.